The summed E-state index contributed by atoms with van der Waals surface area (Å²) in [4.78, 5) is 12.5. The molecule has 4 nitrogen and oxygen atoms in total. The van der Waals surface area contributed by atoms with Crippen molar-refractivity contribution < 1.29 is 9.32 Å². The second kappa shape index (κ2) is 5.72. The molecule has 0 unspecified atom stereocenters. The van der Waals surface area contributed by atoms with Crippen molar-refractivity contribution in [2.75, 3.05) is 5.32 Å². The van der Waals surface area contributed by atoms with Crippen LogP contribution in [0.25, 0.3) is 0 Å². The molecule has 1 fully saturated rings. The fourth-order valence-corrected chi connectivity index (χ4v) is 3.12. The van der Waals surface area contributed by atoms with E-state index >= 15 is 0 Å². The molecule has 0 bridgehead atoms. The zero-order valence-corrected chi connectivity index (χ0v) is 12.4. The number of aryl methyl sites for hydroxylation is 1. The zero-order valence-electron chi connectivity index (χ0n) is 12.4. The number of carbonyl (C=O) groups is 1. The molecule has 1 aromatic carbocycles. The predicted molar refractivity (Wildman–Crippen MR) is 81.1 cm³/mol. The number of benzene rings is 1. The van der Waals surface area contributed by atoms with Crippen LogP contribution in [0.3, 0.4) is 0 Å². The maximum absolute atomic E-state index is 12.5. The Balaban J connectivity index is 1.78. The molecule has 1 amide bonds. The molecule has 0 spiro atoms. The summed E-state index contributed by atoms with van der Waals surface area (Å²) in [6.07, 6.45) is 2.95. The molecule has 0 aliphatic heterocycles. The Labute approximate surface area is 124 Å². The van der Waals surface area contributed by atoms with Crippen molar-refractivity contribution in [3.63, 3.8) is 0 Å². The fraction of sp³-hybridized carbons (Fsp3) is 0.412. The number of carbonyl (C=O) groups excluding carboxylic acids is 1. The standard InChI is InChI=1S/C17H20N2O2/c1-11-12(2)19-21-16(11)14-9-6-10-15(14)17(20)18-13-7-4-3-5-8-13/h3-5,7-8,14-15H,6,9-10H2,1-2H3,(H,18,20)/t14-,15-/m0/s1. The number of rotatable bonds is 3. The van der Waals surface area contributed by atoms with Crippen molar-refractivity contribution in [3.8, 4) is 0 Å². The molecule has 1 aliphatic carbocycles. The van der Waals surface area contributed by atoms with Crippen molar-refractivity contribution in [3.05, 3.63) is 47.3 Å². The topological polar surface area (TPSA) is 55.1 Å². The molecule has 1 saturated carbocycles. The van der Waals surface area contributed by atoms with Crippen molar-refractivity contribution in [2.45, 2.75) is 39.0 Å². The van der Waals surface area contributed by atoms with Crippen LogP contribution in [0.4, 0.5) is 5.69 Å². The van der Waals surface area contributed by atoms with Gasteiger partial charge in [-0.05, 0) is 38.8 Å². The smallest absolute Gasteiger partial charge is 0.228 e. The molecule has 3 rings (SSSR count). The number of nitrogens with one attached hydrogen (secondary N) is 1. The molecule has 1 N–H and O–H groups in total. The Morgan fingerprint density at radius 1 is 1.24 bits per heavy atom. The summed E-state index contributed by atoms with van der Waals surface area (Å²) < 4.78 is 5.48. The Morgan fingerprint density at radius 3 is 2.67 bits per heavy atom. The van der Waals surface area contributed by atoms with Crippen LogP contribution in [-0.2, 0) is 4.79 Å². The molecular formula is C17H20N2O2. The average molecular weight is 284 g/mol. The van der Waals surface area contributed by atoms with E-state index in [1.165, 1.54) is 0 Å². The minimum absolute atomic E-state index is 0.0312. The molecule has 4 heteroatoms. The third kappa shape index (κ3) is 2.71. The first kappa shape index (κ1) is 13.9. The Hall–Kier alpha value is -2.10. The SMILES string of the molecule is Cc1noc([C@H]2CCC[C@@H]2C(=O)Nc2ccccc2)c1C. The molecule has 1 heterocycles. The quantitative estimate of drug-likeness (QED) is 0.932. The molecule has 21 heavy (non-hydrogen) atoms. The van der Waals surface area contributed by atoms with Crippen LogP contribution in [0.5, 0.6) is 0 Å². The first-order valence-corrected chi connectivity index (χ1v) is 7.45. The van der Waals surface area contributed by atoms with Crippen molar-refractivity contribution in [1.29, 1.82) is 0 Å². The van der Waals surface area contributed by atoms with E-state index in [-0.39, 0.29) is 17.7 Å². The second-order valence-corrected chi connectivity index (χ2v) is 5.76. The average Bonchev–Trinajstić information content (AvgIpc) is 3.08. The minimum Gasteiger partial charge on any atom is -0.361 e. The van der Waals surface area contributed by atoms with Crippen LogP contribution >= 0.6 is 0 Å². The number of aromatic nitrogens is 1. The Morgan fingerprint density at radius 2 is 2.00 bits per heavy atom. The Kier molecular flexibility index (Phi) is 3.78. The third-order valence-electron chi connectivity index (χ3n) is 4.42. The van der Waals surface area contributed by atoms with Crippen molar-refractivity contribution >= 4 is 11.6 Å². The van der Waals surface area contributed by atoms with Gasteiger partial charge in [0.1, 0.15) is 5.76 Å². The van der Waals surface area contributed by atoms with Gasteiger partial charge in [-0.3, -0.25) is 4.79 Å². The van der Waals surface area contributed by atoms with E-state index in [1.54, 1.807) is 0 Å². The molecule has 1 aromatic heterocycles. The van der Waals surface area contributed by atoms with Gasteiger partial charge in [-0.1, -0.05) is 29.8 Å². The second-order valence-electron chi connectivity index (χ2n) is 5.76. The van der Waals surface area contributed by atoms with Gasteiger partial charge in [-0.25, -0.2) is 0 Å². The fourth-order valence-electron chi connectivity index (χ4n) is 3.12. The van der Waals surface area contributed by atoms with E-state index in [4.69, 9.17) is 4.52 Å². The van der Waals surface area contributed by atoms with E-state index in [1.807, 2.05) is 44.2 Å². The molecule has 110 valence electrons. The number of anilines is 1. The number of hydrogen-bond donors (Lipinski definition) is 1. The summed E-state index contributed by atoms with van der Waals surface area (Å²) in [5, 5.41) is 7.04. The molecule has 1 aliphatic rings. The summed E-state index contributed by atoms with van der Waals surface area (Å²) in [6, 6.07) is 9.60. The van der Waals surface area contributed by atoms with Gasteiger partial charge in [0.2, 0.25) is 5.91 Å². The summed E-state index contributed by atoms with van der Waals surface area (Å²) in [7, 11) is 0. The van der Waals surface area contributed by atoms with Crippen LogP contribution in [0.1, 0.15) is 42.2 Å². The van der Waals surface area contributed by atoms with Crippen LogP contribution in [0.15, 0.2) is 34.9 Å². The summed E-state index contributed by atoms with van der Waals surface area (Å²) >= 11 is 0. The van der Waals surface area contributed by atoms with E-state index in [2.05, 4.69) is 10.5 Å². The first-order chi connectivity index (χ1) is 10.2. The van der Waals surface area contributed by atoms with Crippen LogP contribution < -0.4 is 5.32 Å². The molecule has 2 aromatic rings. The lowest BCUT2D eigenvalue weighted by Gasteiger charge is -2.17. The molecular weight excluding hydrogens is 264 g/mol. The van der Waals surface area contributed by atoms with Gasteiger partial charge in [0.15, 0.2) is 0 Å². The normalized spacial score (nSPS) is 21.4. The van der Waals surface area contributed by atoms with Crippen molar-refractivity contribution in [1.82, 2.24) is 5.16 Å². The highest BCUT2D eigenvalue weighted by atomic mass is 16.5. The van der Waals surface area contributed by atoms with Crippen LogP contribution in [-0.4, -0.2) is 11.1 Å². The van der Waals surface area contributed by atoms with E-state index in [0.717, 1.165) is 42.0 Å². The lowest BCUT2D eigenvalue weighted by Crippen LogP contribution is -2.25. The Bertz CT molecular complexity index is 633. The van der Waals surface area contributed by atoms with Gasteiger partial charge in [0, 0.05) is 23.1 Å². The molecule has 0 saturated heterocycles. The van der Waals surface area contributed by atoms with E-state index in [9.17, 15) is 4.79 Å². The van der Waals surface area contributed by atoms with Gasteiger partial charge < -0.3 is 9.84 Å². The molecule has 2 atom stereocenters. The van der Waals surface area contributed by atoms with Crippen LogP contribution in [0.2, 0.25) is 0 Å². The summed E-state index contributed by atoms with van der Waals surface area (Å²) in [6.45, 7) is 3.96. The van der Waals surface area contributed by atoms with Crippen molar-refractivity contribution in [2.24, 2.45) is 5.92 Å². The largest absolute Gasteiger partial charge is 0.361 e. The van der Waals surface area contributed by atoms with Crippen LogP contribution in [0, 0.1) is 19.8 Å². The van der Waals surface area contributed by atoms with Gasteiger partial charge >= 0.3 is 0 Å². The number of amides is 1. The van der Waals surface area contributed by atoms with Gasteiger partial charge in [0.25, 0.3) is 0 Å². The zero-order chi connectivity index (χ0) is 14.8. The lowest BCUT2D eigenvalue weighted by molar-refractivity contribution is -0.120. The lowest BCUT2D eigenvalue weighted by atomic mass is 9.90. The number of hydrogen-bond acceptors (Lipinski definition) is 3. The molecule has 0 radical (unpaired) electrons. The summed E-state index contributed by atoms with van der Waals surface area (Å²) in [5.74, 6) is 1.08. The maximum Gasteiger partial charge on any atom is 0.228 e. The third-order valence-corrected chi connectivity index (χ3v) is 4.42. The first-order valence-electron chi connectivity index (χ1n) is 7.45. The predicted octanol–water partition coefficient (Wildman–Crippen LogP) is 3.81. The highest BCUT2D eigenvalue weighted by molar-refractivity contribution is 5.93. The summed E-state index contributed by atoms with van der Waals surface area (Å²) in [5.41, 5.74) is 2.84. The maximum atomic E-state index is 12.5. The van der Waals surface area contributed by atoms with Gasteiger partial charge in [-0.2, -0.15) is 0 Å². The van der Waals surface area contributed by atoms with E-state index in [0.29, 0.717) is 0 Å². The highest BCUT2D eigenvalue weighted by Gasteiger charge is 2.37. The highest BCUT2D eigenvalue weighted by Crippen LogP contribution is 2.41. The van der Waals surface area contributed by atoms with Gasteiger partial charge in [-0.15, -0.1) is 0 Å². The monoisotopic (exact) mass is 284 g/mol. The minimum atomic E-state index is -0.0312. The number of para-hydroxylation sites is 1. The number of nitrogens with zero attached hydrogens (tertiary/aromatic N) is 1. The van der Waals surface area contributed by atoms with E-state index < -0.39 is 0 Å². The van der Waals surface area contributed by atoms with Gasteiger partial charge in [0.05, 0.1) is 5.69 Å².